The second-order valence-corrected chi connectivity index (χ2v) is 13.0. The minimum Gasteiger partial charge on any atom is -0.462 e. The lowest BCUT2D eigenvalue weighted by Gasteiger charge is -2.15. The lowest BCUT2D eigenvalue weighted by atomic mass is 10.1. The maximum absolute atomic E-state index is 12.2. The van der Waals surface area contributed by atoms with Gasteiger partial charge >= 0.3 is 11.9 Å². The highest BCUT2D eigenvalue weighted by molar-refractivity contribution is 5.70. The Kier molecular flexibility index (Phi) is 39.2. The topological polar surface area (TPSA) is 72.8 Å². The Morgan fingerprint density at radius 1 is 0.462 bits per heavy atom. The van der Waals surface area contributed by atoms with Crippen molar-refractivity contribution in [3.05, 3.63) is 109 Å². The van der Waals surface area contributed by atoms with E-state index < -0.39 is 6.10 Å². The summed E-state index contributed by atoms with van der Waals surface area (Å²) < 4.78 is 10.6. The zero-order chi connectivity index (χ0) is 37.8. The van der Waals surface area contributed by atoms with Crippen molar-refractivity contribution in [3.8, 4) is 0 Å². The molecule has 0 aliphatic carbocycles. The molecule has 0 saturated carbocycles. The van der Waals surface area contributed by atoms with Crippen molar-refractivity contribution in [2.75, 3.05) is 13.2 Å². The molecule has 0 rings (SSSR count). The summed E-state index contributed by atoms with van der Waals surface area (Å²) in [6, 6.07) is 0. The van der Waals surface area contributed by atoms with Crippen LogP contribution in [-0.2, 0) is 19.1 Å². The van der Waals surface area contributed by atoms with Crippen molar-refractivity contribution in [2.24, 2.45) is 0 Å². The molecule has 0 spiro atoms. The number of carbonyl (C=O) groups is 2. The molecule has 5 heteroatoms. The summed E-state index contributed by atoms with van der Waals surface area (Å²) in [5, 5.41) is 9.56. The highest BCUT2D eigenvalue weighted by Crippen LogP contribution is 2.09. The molecule has 0 amide bonds. The zero-order valence-electron chi connectivity index (χ0n) is 33.0. The molecule has 0 aromatic heterocycles. The molecule has 0 aliphatic rings. The minimum absolute atomic E-state index is 0.104. The summed E-state index contributed by atoms with van der Waals surface area (Å²) in [5.41, 5.74) is 0. The van der Waals surface area contributed by atoms with Crippen molar-refractivity contribution >= 4 is 11.9 Å². The van der Waals surface area contributed by atoms with Crippen molar-refractivity contribution in [3.63, 3.8) is 0 Å². The van der Waals surface area contributed by atoms with Crippen LogP contribution in [0.1, 0.15) is 155 Å². The first-order chi connectivity index (χ1) is 25.6. The van der Waals surface area contributed by atoms with E-state index in [1.54, 1.807) is 0 Å². The van der Waals surface area contributed by atoms with E-state index >= 15 is 0 Å². The summed E-state index contributed by atoms with van der Waals surface area (Å²) in [7, 11) is 0. The number of allylic oxidation sites excluding steroid dienone is 18. The van der Waals surface area contributed by atoms with Crippen LogP contribution in [0.25, 0.3) is 0 Å². The van der Waals surface area contributed by atoms with Gasteiger partial charge in [0.2, 0.25) is 0 Å². The van der Waals surface area contributed by atoms with Crippen LogP contribution in [0.15, 0.2) is 109 Å². The van der Waals surface area contributed by atoms with Gasteiger partial charge in [-0.25, -0.2) is 0 Å². The Hall–Kier alpha value is -3.44. The van der Waals surface area contributed by atoms with Gasteiger partial charge in [0.25, 0.3) is 0 Å². The van der Waals surface area contributed by atoms with E-state index in [1.807, 2.05) is 0 Å². The predicted octanol–water partition coefficient (Wildman–Crippen LogP) is 13.1. The van der Waals surface area contributed by atoms with Gasteiger partial charge in [-0.15, -0.1) is 0 Å². The van der Waals surface area contributed by atoms with Crippen molar-refractivity contribution < 1.29 is 24.2 Å². The summed E-state index contributed by atoms with van der Waals surface area (Å²) >= 11 is 0. The highest BCUT2D eigenvalue weighted by Gasteiger charge is 2.16. The average Bonchev–Trinajstić information content (AvgIpc) is 3.15. The quantitative estimate of drug-likeness (QED) is 0.0401. The van der Waals surface area contributed by atoms with Crippen LogP contribution in [0.4, 0.5) is 0 Å². The number of hydrogen-bond acceptors (Lipinski definition) is 5. The van der Waals surface area contributed by atoms with Crippen molar-refractivity contribution in [1.82, 2.24) is 0 Å². The first kappa shape index (κ1) is 48.6. The van der Waals surface area contributed by atoms with Gasteiger partial charge in [-0.2, -0.15) is 0 Å². The maximum Gasteiger partial charge on any atom is 0.306 e. The van der Waals surface area contributed by atoms with Crippen LogP contribution in [0.5, 0.6) is 0 Å². The van der Waals surface area contributed by atoms with Crippen LogP contribution >= 0.6 is 0 Å². The molecular formula is C47H74O5. The van der Waals surface area contributed by atoms with Crippen molar-refractivity contribution in [2.45, 2.75) is 161 Å². The second kappa shape index (κ2) is 42.0. The lowest BCUT2D eigenvalue weighted by Crippen LogP contribution is -2.28. The largest absolute Gasteiger partial charge is 0.462 e. The van der Waals surface area contributed by atoms with E-state index in [9.17, 15) is 14.7 Å². The monoisotopic (exact) mass is 719 g/mol. The van der Waals surface area contributed by atoms with Crippen LogP contribution in [0.2, 0.25) is 0 Å². The number of unbranched alkanes of at least 4 members (excludes halogenated alkanes) is 9. The molecule has 5 nitrogen and oxygen atoms in total. The Labute approximate surface area is 319 Å². The molecule has 1 unspecified atom stereocenters. The summed E-state index contributed by atoms with van der Waals surface area (Å²) in [6.07, 6.45) is 60.0. The second-order valence-electron chi connectivity index (χ2n) is 13.0. The molecule has 292 valence electrons. The third-order valence-electron chi connectivity index (χ3n) is 8.05. The first-order valence-electron chi connectivity index (χ1n) is 20.4. The SMILES string of the molecule is CCC=CCC=CCC=CCC=CCC=CCCCCCC(=O)OCC(CO)OC(=O)CCCCCC=CCC=CCC=CCC=CCCCCC. The molecular weight excluding hydrogens is 645 g/mol. The number of esters is 2. The Morgan fingerprint density at radius 2 is 0.827 bits per heavy atom. The van der Waals surface area contributed by atoms with Gasteiger partial charge in [0.15, 0.2) is 6.10 Å². The zero-order valence-corrected chi connectivity index (χ0v) is 33.0. The van der Waals surface area contributed by atoms with Gasteiger partial charge in [0.05, 0.1) is 6.61 Å². The molecule has 0 saturated heterocycles. The van der Waals surface area contributed by atoms with Crippen LogP contribution in [0.3, 0.4) is 0 Å². The van der Waals surface area contributed by atoms with E-state index in [1.165, 1.54) is 25.7 Å². The molecule has 0 radical (unpaired) electrons. The lowest BCUT2D eigenvalue weighted by molar-refractivity contribution is -0.161. The van der Waals surface area contributed by atoms with Crippen LogP contribution in [-0.4, -0.2) is 36.4 Å². The third kappa shape index (κ3) is 39.3. The van der Waals surface area contributed by atoms with Gasteiger partial charge < -0.3 is 14.6 Å². The number of rotatable bonds is 35. The number of hydrogen-bond donors (Lipinski definition) is 1. The van der Waals surface area contributed by atoms with Crippen molar-refractivity contribution in [1.29, 1.82) is 0 Å². The fraction of sp³-hybridized carbons (Fsp3) is 0.574. The fourth-order valence-electron chi connectivity index (χ4n) is 4.97. The summed E-state index contributed by atoms with van der Waals surface area (Å²) in [6.45, 7) is 3.92. The fourth-order valence-corrected chi connectivity index (χ4v) is 4.97. The Balaban J connectivity index is 3.74. The Bertz CT molecular complexity index is 1090. The van der Waals surface area contributed by atoms with Gasteiger partial charge in [-0.05, 0) is 103 Å². The standard InChI is InChI=1S/C47H74O5/c1-3-5-7-9-11-13-15-17-19-21-23-25-27-29-31-33-35-37-39-41-46(49)51-44-45(43-48)52-47(50)42-40-38-36-34-32-30-28-26-24-22-20-18-16-14-12-10-8-6-4-2/h5,7,11-14,17-20,23-26,29-32,45,48H,3-4,6,8-10,15-16,21-22,27-28,33-44H2,1-2H3. The van der Waals surface area contributed by atoms with E-state index in [2.05, 4.69) is 123 Å². The third-order valence-corrected chi connectivity index (χ3v) is 8.05. The van der Waals surface area contributed by atoms with E-state index in [0.717, 1.165) is 103 Å². The molecule has 0 bridgehead atoms. The van der Waals surface area contributed by atoms with E-state index in [-0.39, 0.29) is 25.2 Å². The van der Waals surface area contributed by atoms with Gasteiger partial charge in [-0.1, -0.05) is 149 Å². The number of carbonyl (C=O) groups excluding carboxylic acids is 2. The first-order valence-corrected chi connectivity index (χ1v) is 20.4. The highest BCUT2D eigenvalue weighted by atomic mass is 16.6. The summed E-state index contributed by atoms with van der Waals surface area (Å²) in [5.74, 6) is -0.677. The van der Waals surface area contributed by atoms with Gasteiger partial charge in [0, 0.05) is 12.8 Å². The molecule has 52 heavy (non-hydrogen) atoms. The molecule has 0 aromatic carbocycles. The molecule has 0 aliphatic heterocycles. The number of aliphatic hydroxyl groups is 1. The smallest absolute Gasteiger partial charge is 0.306 e. The van der Waals surface area contributed by atoms with Crippen LogP contribution in [0, 0.1) is 0 Å². The molecule has 0 heterocycles. The van der Waals surface area contributed by atoms with E-state index in [4.69, 9.17) is 9.47 Å². The minimum atomic E-state index is -0.810. The molecule has 1 N–H and O–H groups in total. The number of aliphatic hydroxyl groups excluding tert-OH is 1. The van der Waals surface area contributed by atoms with Gasteiger partial charge in [0.1, 0.15) is 6.61 Å². The molecule has 0 aromatic rings. The van der Waals surface area contributed by atoms with Crippen LogP contribution < -0.4 is 0 Å². The van der Waals surface area contributed by atoms with E-state index in [0.29, 0.717) is 12.8 Å². The maximum atomic E-state index is 12.2. The number of ether oxygens (including phenoxy) is 2. The normalized spacial score (nSPS) is 13.4. The van der Waals surface area contributed by atoms with Gasteiger partial charge in [-0.3, -0.25) is 9.59 Å². The Morgan fingerprint density at radius 3 is 1.21 bits per heavy atom. The molecule has 1 atom stereocenters. The average molecular weight is 719 g/mol. The predicted molar refractivity (Wildman–Crippen MR) is 223 cm³/mol. The summed E-state index contributed by atoms with van der Waals surface area (Å²) in [4.78, 5) is 24.3. The molecule has 0 fully saturated rings.